The molecule has 3 rings (SSSR count). The third-order valence-electron chi connectivity index (χ3n) is 3.31. The number of nitrogens with two attached hydrogens (primary N) is 1. The Balaban J connectivity index is 1.72. The molecule has 0 fully saturated rings. The molecule has 6 nitrogen and oxygen atoms in total. The molecule has 0 radical (unpaired) electrons. The van der Waals surface area contributed by atoms with Gasteiger partial charge in [0.15, 0.2) is 0 Å². The zero-order chi connectivity index (χ0) is 14.7. The normalized spacial score (nSPS) is 10.9. The van der Waals surface area contributed by atoms with Crippen LogP contribution in [0, 0.1) is 6.92 Å². The van der Waals surface area contributed by atoms with E-state index >= 15 is 0 Å². The largest absolute Gasteiger partial charge is 0.399 e. The van der Waals surface area contributed by atoms with Crippen molar-refractivity contribution in [1.82, 2.24) is 20.0 Å². The van der Waals surface area contributed by atoms with Gasteiger partial charge in [0.25, 0.3) is 0 Å². The quantitative estimate of drug-likeness (QED) is 0.554. The summed E-state index contributed by atoms with van der Waals surface area (Å²) in [4.78, 5) is 4.53. The lowest BCUT2D eigenvalue weighted by atomic mass is 10.1. The molecule has 0 amide bonds. The highest BCUT2D eigenvalue weighted by molar-refractivity contribution is 5.93. The highest BCUT2D eigenvalue weighted by Gasteiger charge is 2.04. The molecule has 0 unspecified atom stereocenters. The fraction of sp³-hybridized carbons (Fsp3) is 0.267. The summed E-state index contributed by atoms with van der Waals surface area (Å²) in [6.07, 6.45) is 4.52. The van der Waals surface area contributed by atoms with E-state index in [1.54, 1.807) is 6.20 Å². The number of hydrogen-bond acceptors (Lipinski definition) is 5. The summed E-state index contributed by atoms with van der Waals surface area (Å²) in [7, 11) is 0. The van der Waals surface area contributed by atoms with Gasteiger partial charge in [0.05, 0.1) is 11.7 Å². The van der Waals surface area contributed by atoms with Crippen molar-refractivity contribution >= 4 is 22.3 Å². The third-order valence-corrected chi connectivity index (χ3v) is 3.31. The topological polar surface area (TPSA) is 81.7 Å². The molecule has 0 aliphatic rings. The molecular formula is C15H18N6. The van der Waals surface area contributed by atoms with Gasteiger partial charge in [0.1, 0.15) is 0 Å². The van der Waals surface area contributed by atoms with Crippen molar-refractivity contribution in [3.8, 4) is 0 Å². The standard InChI is InChI=1S/C15H18N6/c1-11-9-15(13-10-12(16)3-4-14(13)19-11)17-5-2-7-21-8-6-18-20-21/h3-4,6,8-10H,2,5,7,16H2,1H3,(H,17,19). The Kier molecular flexibility index (Phi) is 3.68. The molecule has 0 aliphatic carbocycles. The first-order chi connectivity index (χ1) is 10.2. The van der Waals surface area contributed by atoms with Crippen LogP contribution in [-0.4, -0.2) is 26.5 Å². The van der Waals surface area contributed by atoms with Gasteiger partial charge in [-0.15, -0.1) is 5.10 Å². The maximum Gasteiger partial charge on any atom is 0.0727 e. The van der Waals surface area contributed by atoms with Crippen molar-refractivity contribution in [1.29, 1.82) is 0 Å². The Labute approximate surface area is 123 Å². The summed E-state index contributed by atoms with van der Waals surface area (Å²) >= 11 is 0. The first kappa shape index (κ1) is 13.4. The maximum absolute atomic E-state index is 5.88. The molecule has 2 aromatic heterocycles. The summed E-state index contributed by atoms with van der Waals surface area (Å²) in [5, 5.41) is 12.3. The molecule has 0 saturated carbocycles. The first-order valence-corrected chi connectivity index (χ1v) is 6.97. The summed E-state index contributed by atoms with van der Waals surface area (Å²) < 4.78 is 1.83. The predicted molar refractivity (Wildman–Crippen MR) is 84.0 cm³/mol. The minimum absolute atomic E-state index is 0.749. The molecule has 108 valence electrons. The molecule has 0 saturated heterocycles. The van der Waals surface area contributed by atoms with Crippen LogP contribution in [0.25, 0.3) is 10.9 Å². The van der Waals surface area contributed by atoms with Crippen LogP contribution in [-0.2, 0) is 6.54 Å². The van der Waals surface area contributed by atoms with Crippen LogP contribution < -0.4 is 11.1 Å². The lowest BCUT2D eigenvalue weighted by Gasteiger charge is -2.11. The molecule has 0 spiro atoms. The second kappa shape index (κ2) is 5.78. The van der Waals surface area contributed by atoms with Gasteiger partial charge in [0.2, 0.25) is 0 Å². The number of pyridine rings is 1. The van der Waals surface area contributed by atoms with Crippen LogP contribution in [0.5, 0.6) is 0 Å². The minimum atomic E-state index is 0.749. The molecule has 3 aromatic rings. The van der Waals surface area contributed by atoms with Gasteiger partial charge in [-0.1, -0.05) is 5.21 Å². The van der Waals surface area contributed by atoms with Gasteiger partial charge >= 0.3 is 0 Å². The number of hydrogen-bond donors (Lipinski definition) is 2. The Morgan fingerprint density at radius 3 is 3.00 bits per heavy atom. The van der Waals surface area contributed by atoms with Gasteiger partial charge < -0.3 is 11.1 Å². The SMILES string of the molecule is Cc1cc(NCCCn2ccnn2)c2cc(N)ccc2n1. The average Bonchev–Trinajstić information content (AvgIpc) is 2.97. The molecular weight excluding hydrogens is 264 g/mol. The molecule has 21 heavy (non-hydrogen) atoms. The van der Waals surface area contributed by atoms with Crippen molar-refractivity contribution in [2.24, 2.45) is 0 Å². The number of aromatic nitrogens is 4. The number of nitrogens with one attached hydrogen (secondary N) is 1. The lowest BCUT2D eigenvalue weighted by molar-refractivity contribution is 0.570. The summed E-state index contributed by atoms with van der Waals surface area (Å²) in [5.41, 5.74) is 9.65. The Hall–Kier alpha value is -2.63. The van der Waals surface area contributed by atoms with Crippen LogP contribution >= 0.6 is 0 Å². The Morgan fingerprint density at radius 1 is 1.29 bits per heavy atom. The monoisotopic (exact) mass is 282 g/mol. The van der Waals surface area contributed by atoms with Crippen LogP contribution in [0.1, 0.15) is 12.1 Å². The molecule has 2 heterocycles. The summed E-state index contributed by atoms with van der Waals surface area (Å²) in [6.45, 7) is 3.70. The van der Waals surface area contributed by atoms with Gasteiger partial charge in [-0.05, 0) is 37.6 Å². The Morgan fingerprint density at radius 2 is 2.19 bits per heavy atom. The zero-order valence-electron chi connectivity index (χ0n) is 12.0. The maximum atomic E-state index is 5.88. The zero-order valence-corrected chi connectivity index (χ0v) is 12.0. The Bertz CT molecular complexity index is 735. The van der Waals surface area contributed by atoms with Crippen molar-refractivity contribution in [2.75, 3.05) is 17.6 Å². The van der Waals surface area contributed by atoms with Gasteiger partial charge in [-0.25, -0.2) is 0 Å². The van der Waals surface area contributed by atoms with E-state index in [0.717, 1.165) is 47.5 Å². The van der Waals surface area contributed by atoms with E-state index in [4.69, 9.17) is 5.73 Å². The third kappa shape index (κ3) is 3.10. The molecule has 0 aliphatic heterocycles. The average molecular weight is 282 g/mol. The van der Waals surface area contributed by atoms with Crippen LogP contribution in [0.3, 0.4) is 0 Å². The van der Waals surface area contributed by atoms with Gasteiger partial charge in [-0.3, -0.25) is 9.67 Å². The highest BCUT2D eigenvalue weighted by atomic mass is 15.4. The molecule has 3 N–H and O–H groups in total. The smallest absolute Gasteiger partial charge is 0.0727 e. The number of rotatable bonds is 5. The van der Waals surface area contributed by atoms with Gasteiger partial charge in [0, 0.05) is 41.7 Å². The van der Waals surface area contributed by atoms with E-state index in [-0.39, 0.29) is 0 Å². The van der Waals surface area contributed by atoms with Crippen LogP contribution in [0.15, 0.2) is 36.7 Å². The second-order valence-corrected chi connectivity index (χ2v) is 5.03. The molecule has 6 heteroatoms. The van der Waals surface area contributed by atoms with Crippen molar-refractivity contribution in [3.63, 3.8) is 0 Å². The van der Waals surface area contributed by atoms with Gasteiger partial charge in [-0.2, -0.15) is 0 Å². The summed E-state index contributed by atoms with van der Waals surface area (Å²) in [6, 6.07) is 7.85. The van der Waals surface area contributed by atoms with Crippen molar-refractivity contribution < 1.29 is 0 Å². The van der Waals surface area contributed by atoms with Crippen molar-refractivity contribution in [2.45, 2.75) is 19.9 Å². The molecule has 1 aromatic carbocycles. The van der Waals surface area contributed by atoms with Crippen molar-refractivity contribution in [3.05, 3.63) is 42.4 Å². The number of nitrogens with zero attached hydrogens (tertiary/aromatic N) is 4. The number of anilines is 2. The number of benzene rings is 1. The number of fused-ring (bicyclic) bond motifs is 1. The second-order valence-electron chi connectivity index (χ2n) is 5.03. The predicted octanol–water partition coefficient (Wildman–Crippen LogP) is 2.22. The molecule has 0 bridgehead atoms. The van der Waals surface area contributed by atoms with Crippen LogP contribution in [0.2, 0.25) is 0 Å². The van der Waals surface area contributed by atoms with E-state index in [2.05, 4.69) is 26.7 Å². The number of nitrogen functional groups attached to an aromatic ring is 1. The highest BCUT2D eigenvalue weighted by Crippen LogP contribution is 2.25. The fourth-order valence-electron chi connectivity index (χ4n) is 2.34. The van der Waals surface area contributed by atoms with E-state index < -0.39 is 0 Å². The first-order valence-electron chi connectivity index (χ1n) is 6.97. The summed E-state index contributed by atoms with van der Waals surface area (Å²) in [5.74, 6) is 0. The number of aryl methyl sites for hydroxylation is 2. The van der Waals surface area contributed by atoms with E-state index in [9.17, 15) is 0 Å². The minimum Gasteiger partial charge on any atom is -0.399 e. The van der Waals surface area contributed by atoms with Crippen LogP contribution in [0.4, 0.5) is 11.4 Å². The lowest BCUT2D eigenvalue weighted by Crippen LogP contribution is -2.08. The van der Waals surface area contributed by atoms with E-state index in [1.165, 1.54) is 0 Å². The fourth-order valence-corrected chi connectivity index (χ4v) is 2.34. The van der Waals surface area contributed by atoms with E-state index in [1.807, 2.05) is 36.0 Å². The molecule has 0 atom stereocenters. The van der Waals surface area contributed by atoms with E-state index in [0.29, 0.717) is 0 Å².